The average Bonchev–Trinajstić information content (AvgIpc) is 2.37. The third-order valence-corrected chi connectivity index (χ3v) is 4.18. The smallest absolute Gasteiger partial charge is 0.290 e. The molecule has 1 aliphatic carbocycles. The van der Waals surface area contributed by atoms with Crippen LogP contribution in [0.2, 0.25) is 0 Å². The second-order valence-electron chi connectivity index (χ2n) is 5.56. The molecule has 0 unspecified atom stereocenters. The number of rotatable bonds is 7. The van der Waals surface area contributed by atoms with Crippen molar-refractivity contribution >= 4 is 11.5 Å². The molecule has 1 aromatic heterocycles. The first kappa shape index (κ1) is 14.7. The second-order valence-corrected chi connectivity index (χ2v) is 5.56. The predicted molar refractivity (Wildman–Crippen MR) is 76.9 cm³/mol. The monoisotopic (exact) mass is 279 g/mol. The molecule has 110 valence electrons. The molecule has 0 spiro atoms. The van der Waals surface area contributed by atoms with Crippen LogP contribution >= 0.6 is 0 Å². The Morgan fingerprint density at radius 2 is 2.30 bits per heavy atom. The molecule has 1 aromatic rings. The van der Waals surface area contributed by atoms with E-state index in [0.717, 1.165) is 19.6 Å². The van der Waals surface area contributed by atoms with Gasteiger partial charge in [0.15, 0.2) is 0 Å². The fourth-order valence-corrected chi connectivity index (χ4v) is 2.63. The molecule has 0 atom stereocenters. The largest absolute Gasteiger partial charge is 0.385 e. The van der Waals surface area contributed by atoms with E-state index in [2.05, 4.69) is 10.3 Å². The fraction of sp³-hybridized carbons (Fsp3) is 0.643. The minimum absolute atomic E-state index is 0.0632. The van der Waals surface area contributed by atoms with Crippen molar-refractivity contribution in [1.82, 2.24) is 4.98 Å². The molecule has 1 fully saturated rings. The third kappa shape index (κ3) is 3.25. The van der Waals surface area contributed by atoms with Gasteiger partial charge in [0.25, 0.3) is 5.69 Å². The minimum atomic E-state index is -0.405. The minimum Gasteiger partial charge on any atom is -0.385 e. The number of nitro groups is 1. The van der Waals surface area contributed by atoms with Crippen LogP contribution in [0, 0.1) is 22.5 Å². The summed E-state index contributed by atoms with van der Waals surface area (Å²) in [5, 5.41) is 14.1. The van der Waals surface area contributed by atoms with Gasteiger partial charge in [-0.2, -0.15) is 0 Å². The Kier molecular flexibility index (Phi) is 4.54. The number of methoxy groups -OCH3 is 1. The quantitative estimate of drug-likeness (QED) is 0.613. The highest BCUT2D eigenvalue weighted by atomic mass is 16.6. The number of anilines is 1. The number of nitrogens with one attached hydrogen (secondary N) is 1. The molecule has 1 heterocycles. The molecule has 1 saturated carbocycles. The third-order valence-electron chi connectivity index (χ3n) is 4.18. The number of aryl methyl sites for hydroxylation is 1. The van der Waals surface area contributed by atoms with Gasteiger partial charge >= 0.3 is 0 Å². The van der Waals surface area contributed by atoms with Gasteiger partial charge in [-0.1, -0.05) is 6.42 Å². The van der Waals surface area contributed by atoms with E-state index in [9.17, 15) is 10.1 Å². The highest BCUT2D eigenvalue weighted by molar-refractivity contribution is 5.46. The number of hydrogen-bond donors (Lipinski definition) is 1. The van der Waals surface area contributed by atoms with Gasteiger partial charge in [-0.15, -0.1) is 0 Å². The zero-order valence-electron chi connectivity index (χ0n) is 12.0. The summed E-state index contributed by atoms with van der Waals surface area (Å²) in [4.78, 5) is 14.5. The van der Waals surface area contributed by atoms with E-state index in [4.69, 9.17) is 4.74 Å². The highest BCUT2D eigenvalue weighted by Gasteiger charge is 2.36. The van der Waals surface area contributed by atoms with E-state index in [1.54, 1.807) is 20.1 Å². The number of nitrogens with zero attached hydrogens (tertiary/aromatic N) is 2. The van der Waals surface area contributed by atoms with Crippen LogP contribution in [0.5, 0.6) is 0 Å². The predicted octanol–water partition coefficient (Wildman–Crippen LogP) is 2.92. The second kappa shape index (κ2) is 6.17. The summed E-state index contributed by atoms with van der Waals surface area (Å²) in [7, 11) is 1.72. The zero-order chi connectivity index (χ0) is 14.6. The summed E-state index contributed by atoms with van der Waals surface area (Å²) < 4.78 is 5.17. The van der Waals surface area contributed by atoms with Crippen LogP contribution in [0.1, 0.15) is 31.2 Å². The lowest BCUT2D eigenvalue weighted by molar-refractivity contribution is -0.385. The summed E-state index contributed by atoms with van der Waals surface area (Å²) in [5.41, 5.74) is 0.994. The van der Waals surface area contributed by atoms with Gasteiger partial charge < -0.3 is 10.1 Å². The molecule has 0 bridgehead atoms. The summed E-state index contributed by atoms with van der Waals surface area (Å²) in [6.07, 6.45) is 6.03. The summed E-state index contributed by atoms with van der Waals surface area (Å²) in [6.45, 7) is 3.35. The van der Waals surface area contributed by atoms with E-state index < -0.39 is 4.92 Å². The van der Waals surface area contributed by atoms with Gasteiger partial charge in [-0.25, -0.2) is 4.98 Å². The first-order valence-electron chi connectivity index (χ1n) is 6.90. The van der Waals surface area contributed by atoms with Gasteiger partial charge in [-0.05, 0) is 37.7 Å². The van der Waals surface area contributed by atoms with E-state index in [1.807, 2.05) is 0 Å². The summed E-state index contributed by atoms with van der Waals surface area (Å²) >= 11 is 0. The van der Waals surface area contributed by atoms with Crippen LogP contribution in [-0.4, -0.2) is 30.2 Å². The number of pyridine rings is 1. The first-order chi connectivity index (χ1) is 9.56. The van der Waals surface area contributed by atoms with Gasteiger partial charge in [0.2, 0.25) is 0 Å². The van der Waals surface area contributed by atoms with Crippen LogP contribution in [0.3, 0.4) is 0 Å². The van der Waals surface area contributed by atoms with Crippen LogP contribution in [0.4, 0.5) is 11.5 Å². The Labute approximate surface area is 118 Å². The maximum absolute atomic E-state index is 10.8. The Balaban J connectivity index is 1.96. The van der Waals surface area contributed by atoms with Crippen LogP contribution in [0.25, 0.3) is 0 Å². The molecule has 0 radical (unpaired) electrons. The van der Waals surface area contributed by atoms with E-state index in [1.165, 1.54) is 25.5 Å². The van der Waals surface area contributed by atoms with Crippen molar-refractivity contribution in [3.63, 3.8) is 0 Å². The van der Waals surface area contributed by atoms with E-state index in [0.29, 0.717) is 16.8 Å². The van der Waals surface area contributed by atoms with E-state index >= 15 is 0 Å². The fourth-order valence-electron chi connectivity index (χ4n) is 2.63. The molecular formula is C14H21N3O3. The van der Waals surface area contributed by atoms with Crippen molar-refractivity contribution in [1.29, 1.82) is 0 Å². The Hall–Kier alpha value is -1.69. The molecular weight excluding hydrogens is 258 g/mol. The standard InChI is InChI=1S/C14H21N3O3/c1-11-8-13(15-9-12(11)17(18)19)16-10-14(4-3-5-14)6-7-20-2/h8-9H,3-7,10H2,1-2H3,(H,15,16). The van der Waals surface area contributed by atoms with Gasteiger partial charge in [0.1, 0.15) is 12.0 Å². The Bertz CT molecular complexity index is 487. The van der Waals surface area contributed by atoms with Crippen LogP contribution in [-0.2, 0) is 4.74 Å². The molecule has 20 heavy (non-hydrogen) atoms. The topological polar surface area (TPSA) is 77.3 Å². The van der Waals surface area contributed by atoms with Crippen molar-refractivity contribution in [3.8, 4) is 0 Å². The molecule has 0 aromatic carbocycles. The van der Waals surface area contributed by atoms with Gasteiger partial charge in [0, 0.05) is 25.8 Å². The van der Waals surface area contributed by atoms with Crippen molar-refractivity contribution in [2.24, 2.45) is 5.41 Å². The highest BCUT2D eigenvalue weighted by Crippen LogP contribution is 2.43. The SMILES string of the molecule is COCCC1(CNc2cc(C)c([N+](=O)[O-])cn2)CCC1. The van der Waals surface area contributed by atoms with Crippen LogP contribution in [0.15, 0.2) is 12.3 Å². The van der Waals surface area contributed by atoms with Gasteiger partial charge in [0.05, 0.1) is 4.92 Å². The lowest BCUT2D eigenvalue weighted by Gasteiger charge is -2.42. The van der Waals surface area contributed by atoms with Crippen molar-refractivity contribution < 1.29 is 9.66 Å². The van der Waals surface area contributed by atoms with E-state index in [-0.39, 0.29) is 5.69 Å². The van der Waals surface area contributed by atoms with Crippen molar-refractivity contribution in [2.45, 2.75) is 32.6 Å². The maximum atomic E-state index is 10.8. The van der Waals surface area contributed by atoms with Gasteiger partial charge in [-0.3, -0.25) is 10.1 Å². The zero-order valence-corrected chi connectivity index (χ0v) is 12.0. The molecule has 0 amide bonds. The summed E-state index contributed by atoms with van der Waals surface area (Å²) in [6, 6.07) is 1.74. The number of ether oxygens (including phenoxy) is 1. The summed E-state index contributed by atoms with van der Waals surface area (Å²) in [5.74, 6) is 0.705. The molecule has 0 aliphatic heterocycles. The van der Waals surface area contributed by atoms with Crippen LogP contribution < -0.4 is 5.32 Å². The molecule has 1 N–H and O–H groups in total. The Morgan fingerprint density at radius 1 is 1.55 bits per heavy atom. The van der Waals surface area contributed by atoms with Crippen molar-refractivity contribution in [3.05, 3.63) is 27.9 Å². The van der Waals surface area contributed by atoms with Crippen molar-refractivity contribution in [2.75, 3.05) is 25.6 Å². The Morgan fingerprint density at radius 3 is 2.80 bits per heavy atom. The molecule has 6 nitrogen and oxygen atoms in total. The lowest BCUT2D eigenvalue weighted by atomic mass is 9.67. The lowest BCUT2D eigenvalue weighted by Crippen LogP contribution is -2.37. The maximum Gasteiger partial charge on any atom is 0.290 e. The molecule has 6 heteroatoms. The average molecular weight is 279 g/mol. The molecule has 0 saturated heterocycles. The normalized spacial score (nSPS) is 16.5. The molecule has 2 rings (SSSR count). The number of hydrogen-bond acceptors (Lipinski definition) is 5. The first-order valence-corrected chi connectivity index (χ1v) is 6.90. The molecule has 1 aliphatic rings. The number of aromatic nitrogens is 1.